The molecule has 1 aromatic carbocycles. The van der Waals surface area contributed by atoms with E-state index in [1.54, 1.807) is 0 Å². The van der Waals surface area contributed by atoms with Crippen molar-refractivity contribution in [2.45, 2.75) is 39.8 Å². The molecule has 2 aromatic rings. The molecular weight excluding hydrogens is 286 g/mol. The Bertz CT molecular complexity index is 679. The molecule has 0 aliphatic carbocycles. The zero-order valence-electron chi connectivity index (χ0n) is 12.5. The summed E-state index contributed by atoms with van der Waals surface area (Å²) in [6.45, 7) is 5.53. The minimum absolute atomic E-state index is 0.221. The fraction of sp³-hybridized carbons (Fsp3) is 0.500. The van der Waals surface area contributed by atoms with Crippen LogP contribution >= 0.6 is 11.6 Å². The van der Waals surface area contributed by atoms with Crippen molar-refractivity contribution in [1.29, 1.82) is 0 Å². The van der Waals surface area contributed by atoms with Crippen LogP contribution in [0.3, 0.4) is 0 Å². The maximum absolute atomic E-state index is 12.1. The van der Waals surface area contributed by atoms with Crippen LogP contribution < -0.4 is 0 Å². The number of halogens is 1. The van der Waals surface area contributed by atoms with Crippen LogP contribution in [0.2, 0.25) is 5.28 Å². The fourth-order valence-electron chi connectivity index (χ4n) is 3.10. The van der Waals surface area contributed by atoms with Gasteiger partial charge in [-0.05, 0) is 48.6 Å². The number of nitrogens with zero attached hydrogens (tertiary/aromatic N) is 3. The van der Waals surface area contributed by atoms with Crippen molar-refractivity contribution >= 4 is 28.5 Å². The molecule has 1 atom stereocenters. The lowest BCUT2D eigenvalue weighted by Crippen LogP contribution is -2.28. The van der Waals surface area contributed by atoms with Crippen molar-refractivity contribution in [2.24, 2.45) is 5.92 Å². The number of fused-ring (bicyclic) bond motifs is 1. The molecular formula is C16H20ClN3O. The Hall–Kier alpha value is -1.55. The Morgan fingerprint density at radius 3 is 3.00 bits per heavy atom. The van der Waals surface area contributed by atoms with Crippen LogP contribution in [-0.2, 0) is 11.5 Å². The SMILES string of the molecule is CCCC1CC(=O)N(Cn2c(Cl)nc3ccc(C)cc32)C1. The number of hydrogen-bond acceptors (Lipinski definition) is 2. The molecule has 3 rings (SSSR count). The summed E-state index contributed by atoms with van der Waals surface area (Å²) < 4.78 is 1.93. The molecule has 1 amide bonds. The van der Waals surface area contributed by atoms with E-state index < -0.39 is 0 Å². The summed E-state index contributed by atoms with van der Waals surface area (Å²) in [5, 5.41) is 0.447. The number of benzene rings is 1. The molecule has 1 aromatic heterocycles. The molecule has 5 heteroatoms. The van der Waals surface area contributed by atoms with E-state index in [9.17, 15) is 4.79 Å². The van der Waals surface area contributed by atoms with Crippen LogP contribution in [0.1, 0.15) is 31.7 Å². The summed E-state index contributed by atoms with van der Waals surface area (Å²) in [5.41, 5.74) is 3.03. The minimum atomic E-state index is 0.221. The second-order valence-corrected chi connectivity index (χ2v) is 6.26. The maximum Gasteiger partial charge on any atom is 0.224 e. The molecule has 0 radical (unpaired) electrons. The molecule has 0 bridgehead atoms. The number of aryl methyl sites for hydroxylation is 1. The molecule has 1 aliphatic heterocycles. The first-order valence-electron chi connectivity index (χ1n) is 7.48. The van der Waals surface area contributed by atoms with Crippen LogP contribution in [0.15, 0.2) is 18.2 Å². The summed E-state index contributed by atoms with van der Waals surface area (Å²) in [4.78, 5) is 18.4. The lowest BCUT2D eigenvalue weighted by atomic mass is 10.0. The highest BCUT2D eigenvalue weighted by molar-refractivity contribution is 6.29. The van der Waals surface area contributed by atoms with Crippen molar-refractivity contribution in [3.8, 4) is 0 Å². The van der Waals surface area contributed by atoms with E-state index in [1.807, 2.05) is 28.5 Å². The molecule has 1 saturated heterocycles. The Morgan fingerprint density at radius 1 is 1.43 bits per heavy atom. The largest absolute Gasteiger partial charge is 0.324 e. The summed E-state index contributed by atoms with van der Waals surface area (Å²) in [7, 11) is 0. The number of imidazole rings is 1. The van der Waals surface area contributed by atoms with Crippen molar-refractivity contribution in [3.63, 3.8) is 0 Å². The predicted molar refractivity (Wildman–Crippen MR) is 84.2 cm³/mol. The van der Waals surface area contributed by atoms with Crippen LogP contribution in [0.5, 0.6) is 0 Å². The third kappa shape index (κ3) is 2.77. The first-order valence-corrected chi connectivity index (χ1v) is 7.86. The summed E-state index contributed by atoms with van der Waals surface area (Å²) in [5.74, 6) is 0.705. The highest BCUT2D eigenvalue weighted by Gasteiger charge is 2.29. The van der Waals surface area contributed by atoms with Gasteiger partial charge >= 0.3 is 0 Å². The van der Waals surface area contributed by atoms with Gasteiger partial charge in [0.05, 0.1) is 11.0 Å². The molecule has 0 N–H and O–H groups in total. The number of amides is 1. The quantitative estimate of drug-likeness (QED) is 0.865. The molecule has 2 heterocycles. The van der Waals surface area contributed by atoms with Crippen LogP contribution in [0.4, 0.5) is 0 Å². The van der Waals surface area contributed by atoms with Crippen LogP contribution in [-0.4, -0.2) is 26.9 Å². The number of carbonyl (C=O) groups is 1. The van der Waals surface area contributed by atoms with E-state index in [0.29, 0.717) is 24.3 Å². The van der Waals surface area contributed by atoms with Gasteiger partial charge in [0.15, 0.2) is 0 Å². The van der Waals surface area contributed by atoms with Crippen molar-refractivity contribution < 1.29 is 4.79 Å². The van der Waals surface area contributed by atoms with E-state index in [1.165, 1.54) is 0 Å². The Labute approximate surface area is 129 Å². The van der Waals surface area contributed by atoms with Gasteiger partial charge in [-0.2, -0.15) is 0 Å². The topological polar surface area (TPSA) is 38.1 Å². The molecule has 21 heavy (non-hydrogen) atoms. The molecule has 0 saturated carbocycles. The third-order valence-corrected chi connectivity index (χ3v) is 4.45. The lowest BCUT2D eigenvalue weighted by molar-refractivity contribution is -0.129. The molecule has 1 unspecified atom stereocenters. The van der Waals surface area contributed by atoms with E-state index in [2.05, 4.69) is 18.0 Å². The first kappa shape index (κ1) is 14.4. The molecule has 0 spiro atoms. The minimum Gasteiger partial charge on any atom is -0.324 e. The Kier molecular flexibility index (Phi) is 3.89. The third-order valence-electron chi connectivity index (χ3n) is 4.16. The average molecular weight is 306 g/mol. The van der Waals surface area contributed by atoms with Crippen molar-refractivity contribution in [2.75, 3.05) is 6.54 Å². The zero-order chi connectivity index (χ0) is 15.0. The van der Waals surface area contributed by atoms with Crippen LogP contribution in [0.25, 0.3) is 11.0 Å². The van der Waals surface area contributed by atoms with Gasteiger partial charge in [0.2, 0.25) is 11.2 Å². The van der Waals surface area contributed by atoms with E-state index >= 15 is 0 Å². The van der Waals surface area contributed by atoms with E-state index in [0.717, 1.165) is 36.0 Å². The van der Waals surface area contributed by atoms with Gasteiger partial charge < -0.3 is 4.90 Å². The molecule has 112 valence electrons. The van der Waals surface area contributed by atoms with Gasteiger partial charge in [-0.15, -0.1) is 0 Å². The van der Waals surface area contributed by atoms with Crippen molar-refractivity contribution in [1.82, 2.24) is 14.5 Å². The van der Waals surface area contributed by atoms with E-state index in [4.69, 9.17) is 11.6 Å². The summed E-state index contributed by atoms with van der Waals surface area (Å²) in [6, 6.07) is 6.06. The fourth-order valence-corrected chi connectivity index (χ4v) is 3.34. The standard InChI is InChI=1S/C16H20ClN3O/c1-3-4-12-8-15(21)19(9-12)10-20-14-7-11(2)5-6-13(14)18-16(20)17/h5-7,12H,3-4,8-10H2,1-2H3. The first-order chi connectivity index (χ1) is 10.1. The van der Waals surface area contributed by atoms with Gasteiger partial charge in [0.25, 0.3) is 0 Å². The number of likely N-dealkylation sites (tertiary alicyclic amines) is 1. The Balaban J connectivity index is 1.86. The van der Waals surface area contributed by atoms with Gasteiger partial charge in [-0.3, -0.25) is 9.36 Å². The summed E-state index contributed by atoms with van der Waals surface area (Å²) >= 11 is 6.26. The molecule has 1 fully saturated rings. The van der Waals surface area contributed by atoms with Gasteiger partial charge in [0, 0.05) is 13.0 Å². The van der Waals surface area contributed by atoms with Gasteiger partial charge in [-0.1, -0.05) is 19.4 Å². The highest BCUT2D eigenvalue weighted by atomic mass is 35.5. The number of rotatable bonds is 4. The number of carbonyl (C=O) groups excluding carboxylic acids is 1. The number of hydrogen-bond donors (Lipinski definition) is 0. The number of aromatic nitrogens is 2. The lowest BCUT2D eigenvalue weighted by Gasteiger charge is -2.18. The van der Waals surface area contributed by atoms with Gasteiger partial charge in [-0.25, -0.2) is 4.98 Å². The maximum atomic E-state index is 12.1. The normalized spacial score (nSPS) is 18.9. The molecule has 4 nitrogen and oxygen atoms in total. The average Bonchev–Trinajstić information content (AvgIpc) is 2.93. The van der Waals surface area contributed by atoms with Crippen molar-refractivity contribution in [3.05, 3.63) is 29.0 Å². The second-order valence-electron chi connectivity index (χ2n) is 5.92. The zero-order valence-corrected chi connectivity index (χ0v) is 13.2. The highest BCUT2D eigenvalue weighted by Crippen LogP contribution is 2.26. The van der Waals surface area contributed by atoms with E-state index in [-0.39, 0.29) is 5.91 Å². The van der Waals surface area contributed by atoms with Gasteiger partial charge in [0.1, 0.15) is 6.67 Å². The summed E-state index contributed by atoms with van der Waals surface area (Å²) in [6.07, 6.45) is 2.90. The predicted octanol–water partition coefficient (Wildman–Crippen LogP) is 3.60. The second kappa shape index (κ2) is 5.68. The monoisotopic (exact) mass is 305 g/mol. The smallest absolute Gasteiger partial charge is 0.224 e. The molecule has 1 aliphatic rings. The Morgan fingerprint density at radius 2 is 2.24 bits per heavy atom. The van der Waals surface area contributed by atoms with Crippen LogP contribution in [0, 0.1) is 12.8 Å².